The van der Waals surface area contributed by atoms with Crippen molar-refractivity contribution in [3.8, 4) is 0 Å². The summed E-state index contributed by atoms with van der Waals surface area (Å²) in [6, 6.07) is 2.89. The zero-order valence-electron chi connectivity index (χ0n) is 11.4. The SMILES string of the molecule is CN1CCC(C)(CNc2cc([N+](=O)[O-])ccn2)CC1. The van der Waals surface area contributed by atoms with E-state index in [0.29, 0.717) is 5.82 Å². The number of aromatic nitrogens is 1. The van der Waals surface area contributed by atoms with Gasteiger partial charge in [-0.2, -0.15) is 0 Å². The van der Waals surface area contributed by atoms with Gasteiger partial charge in [-0.15, -0.1) is 0 Å². The van der Waals surface area contributed by atoms with Gasteiger partial charge in [-0.05, 0) is 38.4 Å². The van der Waals surface area contributed by atoms with Crippen LogP contribution in [0.1, 0.15) is 19.8 Å². The maximum absolute atomic E-state index is 10.7. The molecule has 0 aliphatic carbocycles. The molecule has 0 spiro atoms. The van der Waals surface area contributed by atoms with E-state index in [2.05, 4.69) is 29.2 Å². The molecule has 19 heavy (non-hydrogen) atoms. The summed E-state index contributed by atoms with van der Waals surface area (Å²) in [4.78, 5) is 16.8. The summed E-state index contributed by atoms with van der Waals surface area (Å²) in [5.41, 5.74) is 0.310. The van der Waals surface area contributed by atoms with E-state index in [1.54, 1.807) is 0 Å². The Labute approximate surface area is 113 Å². The normalized spacial score (nSPS) is 19.1. The predicted octanol–water partition coefficient (Wildman–Crippen LogP) is 2.13. The molecular weight excluding hydrogens is 244 g/mol. The molecule has 1 aliphatic heterocycles. The van der Waals surface area contributed by atoms with E-state index in [4.69, 9.17) is 0 Å². The van der Waals surface area contributed by atoms with Crippen LogP contribution >= 0.6 is 0 Å². The standard InChI is InChI=1S/C13H20N4O2/c1-13(4-7-16(2)8-5-13)10-15-12-9-11(17(18)19)3-6-14-12/h3,6,9H,4-5,7-8,10H2,1-2H3,(H,14,15). The zero-order chi connectivity index (χ0) is 13.9. The van der Waals surface area contributed by atoms with Crippen LogP contribution in [0.4, 0.5) is 11.5 Å². The highest BCUT2D eigenvalue weighted by atomic mass is 16.6. The van der Waals surface area contributed by atoms with Gasteiger partial charge in [0.25, 0.3) is 5.69 Å². The van der Waals surface area contributed by atoms with Crippen molar-refractivity contribution in [1.82, 2.24) is 9.88 Å². The van der Waals surface area contributed by atoms with E-state index >= 15 is 0 Å². The Morgan fingerprint density at radius 3 is 2.84 bits per heavy atom. The van der Waals surface area contributed by atoms with Crippen LogP contribution in [-0.4, -0.2) is 41.5 Å². The molecule has 0 saturated carbocycles. The molecule has 2 rings (SSSR count). The van der Waals surface area contributed by atoms with Crippen molar-refractivity contribution in [3.63, 3.8) is 0 Å². The maximum Gasteiger partial charge on any atom is 0.274 e. The second-order valence-electron chi connectivity index (χ2n) is 5.62. The molecule has 6 heteroatoms. The van der Waals surface area contributed by atoms with Gasteiger partial charge in [0.1, 0.15) is 5.82 Å². The molecule has 1 aliphatic rings. The van der Waals surface area contributed by atoms with Crippen LogP contribution in [0, 0.1) is 15.5 Å². The third kappa shape index (κ3) is 3.64. The van der Waals surface area contributed by atoms with Gasteiger partial charge in [0.2, 0.25) is 0 Å². The van der Waals surface area contributed by atoms with Crippen molar-refractivity contribution < 1.29 is 4.92 Å². The molecular formula is C13H20N4O2. The molecule has 0 aromatic carbocycles. The number of hydrogen-bond acceptors (Lipinski definition) is 5. The number of likely N-dealkylation sites (tertiary alicyclic amines) is 1. The summed E-state index contributed by atoms with van der Waals surface area (Å²) in [5, 5.41) is 13.9. The lowest BCUT2D eigenvalue weighted by Gasteiger charge is -2.38. The first-order valence-electron chi connectivity index (χ1n) is 6.51. The minimum absolute atomic E-state index is 0.0750. The van der Waals surface area contributed by atoms with Crippen LogP contribution < -0.4 is 5.32 Å². The molecule has 0 amide bonds. The molecule has 1 aromatic heterocycles. The Balaban J connectivity index is 1.95. The summed E-state index contributed by atoms with van der Waals surface area (Å²) in [6.07, 6.45) is 3.73. The fraction of sp³-hybridized carbons (Fsp3) is 0.615. The second-order valence-corrected chi connectivity index (χ2v) is 5.62. The number of nitrogens with one attached hydrogen (secondary N) is 1. The van der Waals surface area contributed by atoms with E-state index in [1.807, 2.05) is 0 Å². The number of rotatable bonds is 4. The topological polar surface area (TPSA) is 71.3 Å². The largest absolute Gasteiger partial charge is 0.369 e. The Morgan fingerprint density at radius 2 is 2.21 bits per heavy atom. The van der Waals surface area contributed by atoms with Crippen LogP contribution in [-0.2, 0) is 0 Å². The molecule has 1 fully saturated rings. The summed E-state index contributed by atoms with van der Waals surface area (Å²) >= 11 is 0. The van der Waals surface area contributed by atoms with Crippen LogP contribution in [0.5, 0.6) is 0 Å². The lowest BCUT2D eigenvalue weighted by molar-refractivity contribution is -0.384. The van der Waals surface area contributed by atoms with E-state index in [-0.39, 0.29) is 11.1 Å². The van der Waals surface area contributed by atoms with Crippen LogP contribution in [0.2, 0.25) is 0 Å². The fourth-order valence-corrected chi connectivity index (χ4v) is 2.27. The lowest BCUT2D eigenvalue weighted by atomic mass is 9.80. The molecule has 104 valence electrons. The Hall–Kier alpha value is -1.69. The molecule has 0 unspecified atom stereocenters. The van der Waals surface area contributed by atoms with Crippen molar-refractivity contribution >= 4 is 11.5 Å². The monoisotopic (exact) mass is 264 g/mol. The van der Waals surface area contributed by atoms with E-state index in [0.717, 1.165) is 32.5 Å². The van der Waals surface area contributed by atoms with Crippen molar-refractivity contribution in [3.05, 3.63) is 28.4 Å². The van der Waals surface area contributed by atoms with E-state index < -0.39 is 4.92 Å². The highest BCUT2D eigenvalue weighted by Gasteiger charge is 2.28. The minimum atomic E-state index is -0.399. The van der Waals surface area contributed by atoms with Gasteiger partial charge in [-0.25, -0.2) is 4.98 Å². The lowest BCUT2D eigenvalue weighted by Crippen LogP contribution is -2.40. The quantitative estimate of drug-likeness (QED) is 0.666. The summed E-state index contributed by atoms with van der Waals surface area (Å²) in [7, 11) is 2.13. The summed E-state index contributed by atoms with van der Waals surface area (Å²) in [6.45, 7) is 5.25. The fourth-order valence-electron chi connectivity index (χ4n) is 2.27. The predicted molar refractivity (Wildman–Crippen MR) is 74.2 cm³/mol. The average molecular weight is 264 g/mol. The number of nitro groups is 1. The first kappa shape index (κ1) is 13.7. The van der Waals surface area contributed by atoms with Gasteiger partial charge in [0, 0.05) is 18.8 Å². The highest BCUT2D eigenvalue weighted by molar-refractivity contribution is 5.44. The molecule has 0 atom stereocenters. The van der Waals surface area contributed by atoms with Gasteiger partial charge in [0.05, 0.1) is 11.0 Å². The Bertz CT molecular complexity index is 456. The van der Waals surface area contributed by atoms with E-state index in [9.17, 15) is 10.1 Å². The first-order chi connectivity index (χ1) is 8.98. The third-order valence-corrected chi connectivity index (χ3v) is 3.84. The van der Waals surface area contributed by atoms with Crippen molar-refractivity contribution in [2.24, 2.45) is 5.41 Å². The molecule has 0 radical (unpaired) electrons. The first-order valence-corrected chi connectivity index (χ1v) is 6.51. The maximum atomic E-state index is 10.7. The van der Waals surface area contributed by atoms with Crippen molar-refractivity contribution in [2.45, 2.75) is 19.8 Å². The van der Waals surface area contributed by atoms with Gasteiger partial charge in [0.15, 0.2) is 0 Å². The third-order valence-electron chi connectivity index (χ3n) is 3.84. The summed E-state index contributed by atoms with van der Waals surface area (Å²) in [5.74, 6) is 0.578. The summed E-state index contributed by atoms with van der Waals surface area (Å²) < 4.78 is 0. The van der Waals surface area contributed by atoms with Gasteiger partial charge in [-0.1, -0.05) is 6.92 Å². The Kier molecular flexibility index (Phi) is 3.99. The Morgan fingerprint density at radius 1 is 1.53 bits per heavy atom. The van der Waals surface area contributed by atoms with Crippen LogP contribution in [0.15, 0.2) is 18.3 Å². The molecule has 0 bridgehead atoms. The number of piperidine rings is 1. The van der Waals surface area contributed by atoms with Gasteiger partial charge < -0.3 is 10.2 Å². The minimum Gasteiger partial charge on any atom is -0.369 e. The van der Waals surface area contributed by atoms with Gasteiger partial charge in [-0.3, -0.25) is 10.1 Å². The molecule has 1 aromatic rings. The van der Waals surface area contributed by atoms with Crippen molar-refractivity contribution in [2.75, 3.05) is 32.0 Å². The zero-order valence-corrected chi connectivity index (χ0v) is 11.4. The van der Waals surface area contributed by atoms with E-state index in [1.165, 1.54) is 18.3 Å². The smallest absolute Gasteiger partial charge is 0.274 e. The molecule has 2 heterocycles. The number of hydrogen-bond donors (Lipinski definition) is 1. The average Bonchev–Trinajstić information content (AvgIpc) is 2.41. The highest BCUT2D eigenvalue weighted by Crippen LogP contribution is 2.30. The second kappa shape index (κ2) is 5.52. The molecule has 1 saturated heterocycles. The molecule has 1 N–H and O–H groups in total. The van der Waals surface area contributed by atoms with Gasteiger partial charge >= 0.3 is 0 Å². The van der Waals surface area contributed by atoms with Crippen molar-refractivity contribution in [1.29, 1.82) is 0 Å². The van der Waals surface area contributed by atoms with Crippen LogP contribution in [0.3, 0.4) is 0 Å². The van der Waals surface area contributed by atoms with Crippen LogP contribution in [0.25, 0.3) is 0 Å². The number of nitrogens with zero attached hydrogens (tertiary/aromatic N) is 3. The number of pyridine rings is 1. The number of anilines is 1. The molecule has 6 nitrogen and oxygen atoms in total.